The van der Waals surface area contributed by atoms with E-state index in [4.69, 9.17) is 19.6 Å². The van der Waals surface area contributed by atoms with E-state index in [-0.39, 0.29) is 41.8 Å². The van der Waals surface area contributed by atoms with Gasteiger partial charge in [-0.15, -0.1) is 15.3 Å². The van der Waals surface area contributed by atoms with Gasteiger partial charge in [0.2, 0.25) is 11.7 Å². The molecule has 4 aromatic rings. The van der Waals surface area contributed by atoms with Gasteiger partial charge >= 0.3 is 0 Å². The summed E-state index contributed by atoms with van der Waals surface area (Å²) in [6, 6.07) is 11.0. The monoisotopic (exact) mass is 543 g/mol. The number of ether oxygens (including phenoxy) is 3. The molecule has 0 unspecified atom stereocenters. The number of aliphatic hydroxyl groups excluding tert-OH is 1. The minimum atomic E-state index is -0.119. The van der Waals surface area contributed by atoms with Crippen molar-refractivity contribution >= 4 is 28.0 Å². The number of carbonyl (C=O) groups is 1. The summed E-state index contributed by atoms with van der Waals surface area (Å²) < 4.78 is 17.8. The van der Waals surface area contributed by atoms with Crippen LogP contribution in [0.15, 0.2) is 54.4 Å². The van der Waals surface area contributed by atoms with Gasteiger partial charge in [0.15, 0.2) is 5.65 Å². The smallest absolute Gasteiger partial charge is 0.255 e. The predicted octanol–water partition coefficient (Wildman–Crippen LogP) is 2.96. The fourth-order valence-electron chi connectivity index (χ4n) is 5.07. The summed E-state index contributed by atoms with van der Waals surface area (Å²) in [5, 5.41) is 32.7. The quantitative estimate of drug-likeness (QED) is 0.253. The minimum Gasteiger partial charge on any atom is -0.510 e. The summed E-state index contributed by atoms with van der Waals surface area (Å²) in [6.07, 6.45) is 4.78. The number of piperidine rings is 1. The molecule has 40 heavy (non-hydrogen) atoms. The van der Waals surface area contributed by atoms with Gasteiger partial charge in [-0.3, -0.25) is 15.2 Å². The van der Waals surface area contributed by atoms with Crippen LogP contribution in [0.3, 0.4) is 0 Å². The molecule has 206 valence electrons. The summed E-state index contributed by atoms with van der Waals surface area (Å²) >= 11 is 0. The predicted molar refractivity (Wildman–Crippen MR) is 145 cm³/mol. The van der Waals surface area contributed by atoms with Crippen LogP contribution < -0.4 is 4.74 Å². The van der Waals surface area contributed by atoms with Crippen molar-refractivity contribution in [3.8, 4) is 5.88 Å². The van der Waals surface area contributed by atoms with E-state index >= 15 is 0 Å². The number of benzene rings is 1. The second kappa shape index (κ2) is 10.6. The lowest BCUT2D eigenvalue weighted by Crippen LogP contribution is -2.52. The van der Waals surface area contributed by atoms with Crippen LogP contribution >= 0.6 is 0 Å². The zero-order valence-electron chi connectivity index (χ0n) is 22.0. The largest absolute Gasteiger partial charge is 0.510 e. The number of aromatic nitrogens is 5. The molecule has 0 saturated carbocycles. The van der Waals surface area contributed by atoms with Gasteiger partial charge in [-0.2, -0.15) is 4.52 Å². The molecule has 1 amide bonds. The molecule has 12 heteroatoms. The number of carbonyl (C=O) groups excluding carboxylic acids is 1. The number of amides is 1. The number of hydrogen-bond acceptors (Lipinski definition) is 10. The van der Waals surface area contributed by atoms with Crippen molar-refractivity contribution < 1.29 is 24.1 Å². The highest BCUT2D eigenvalue weighted by Gasteiger charge is 2.42. The fraction of sp³-hybridized carbons (Fsp3) is 0.357. The Morgan fingerprint density at radius 3 is 2.60 bits per heavy atom. The van der Waals surface area contributed by atoms with E-state index in [1.165, 1.54) is 17.7 Å². The van der Waals surface area contributed by atoms with Crippen LogP contribution in [0.2, 0.25) is 0 Å². The molecule has 12 nitrogen and oxygen atoms in total. The highest BCUT2D eigenvalue weighted by Crippen LogP contribution is 2.38. The number of methoxy groups -OCH3 is 1. The third kappa shape index (κ3) is 4.87. The lowest BCUT2D eigenvalue weighted by Gasteiger charge is -2.47. The summed E-state index contributed by atoms with van der Waals surface area (Å²) in [5.41, 5.74) is 1.83. The summed E-state index contributed by atoms with van der Waals surface area (Å²) in [7, 11) is 1.45. The number of rotatable bonds is 8. The lowest BCUT2D eigenvalue weighted by atomic mass is 9.77. The van der Waals surface area contributed by atoms with Gasteiger partial charge in [-0.1, -0.05) is 18.2 Å². The maximum absolute atomic E-state index is 13.0. The molecule has 2 aliphatic heterocycles. The molecule has 3 aromatic heterocycles. The maximum Gasteiger partial charge on any atom is 0.255 e. The number of nitrogens with zero attached hydrogens (tertiary/aromatic N) is 6. The van der Waals surface area contributed by atoms with E-state index in [1.54, 1.807) is 18.3 Å². The number of pyridine rings is 1. The molecular formula is C28H29N7O5. The molecule has 2 N–H and O–H groups in total. The van der Waals surface area contributed by atoms with Crippen molar-refractivity contribution in [1.29, 1.82) is 5.41 Å². The molecule has 0 bridgehead atoms. The number of aliphatic hydroxyl groups is 1. The average molecular weight is 544 g/mol. The van der Waals surface area contributed by atoms with E-state index in [0.717, 1.165) is 49.9 Å². The summed E-state index contributed by atoms with van der Waals surface area (Å²) in [4.78, 5) is 19.3. The van der Waals surface area contributed by atoms with Crippen LogP contribution in [0, 0.1) is 10.8 Å². The number of fused-ring (bicyclic) bond motifs is 3. The first kappa shape index (κ1) is 25.8. The highest BCUT2D eigenvalue weighted by molar-refractivity contribution is 6.05. The van der Waals surface area contributed by atoms with Gasteiger partial charge in [-0.25, -0.2) is 0 Å². The first-order valence-electron chi connectivity index (χ1n) is 13.0. The van der Waals surface area contributed by atoms with Crippen LogP contribution in [-0.4, -0.2) is 86.4 Å². The number of nitrogens with one attached hydrogen (secondary N) is 1. The molecule has 0 aliphatic carbocycles. The molecular weight excluding hydrogens is 514 g/mol. The standard InChI is InChI=1S/C28H29N7O5/c1-38-15-20(36)12-23(29)25-32-31-24-21-4-2-3-5-22(21)26(33-35(24)25)40-14-19-7-6-18(13-30-19)27(37)34-10-8-28(9-11-34)16-39-17-28/h2-7,12-13,29,36H,8-11,14-17H2,1H3/b20-12-,29-23?. The molecule has 2 saturated heterocycles. The third-order valence-corrected chi connectivity index (χ3v) is 7.43. The molecule has 0 atom stereocenters. The third-order valence-electron chi connectivity index (χ3n) is 7.43. The molecule has 1 spiro atoms. The fourth-order valence-corrected chi connectivity index (χ4v) is 5.07. The summed E-state index contributed by atoms with van der Waals surface area (Å²) in [6.45, 7) is 3.16. The van der Waals surface area contributed by atoms with Gasteiger partial charge in [0.25, 0.3) is 5.91 Å². The van der Waals surface area contributed by atoms with Crippen molar-refractivity contribution in [2.45, 2.75) is 19.4 Å². The molecule has 2 fully saturated rings. The Labute approximate surface area is 229 Å². The van der Waals surface area contributed by atoms with E-state index in [1.807, 2.05) is 29.2 Å². The van der Waals surface area contributed by atoms with Gasteiger partial charge in [0.05, 0.1) is 24.5 Å². The first-order chi connectivity index (χ1) is 19.5. The van der Waals surface area contributed by atoms with Crippen molar-refractivity contribution in [3.63, 3.8) is 0 Å². The van der Waals surface area contributed by atoms with Gasteiger partial charge in [-0.05, 0) is 31.0 Å². The number of likely N-dealkylation sites (tertiary alicyclic amines) is 1. The van der Waals surface area contributed by atoms with E-state index in [0.29, 0.717) is 22.8 Å². The highest BCUT2D eigenvalue weighted by atomic mass is 16.5. The Bertz CT molecular complexity index is 1600. The molecule has 5 heterocycles. The molecule has 0 radical (unpaired) electrons. The van der Waals surface area contributed by atoms with Crippen LogP contribution in [0.5, 0.6) is 5.88 Å². The molecule has 2 aliphatic rings. The zero-order chi connectivity index (χ0) is 27.7. The topological polar surface area (TPSA) is 148 Å². The Balaban J connectivity index is 1.19. The van der Waals surface area contributed by atoms with E-state index in [2.05, 4.69) is 20.3 Å². The van der Waals surface area contributed by atoms with Crippen molar-refractivity contribution in [2.75, 3.05) is 40.0 Å². The van der Waals surface area contributed by atoms with Gasteiger partial charge in [0.1, 0.15) is 24.7 Å². The minimum absolute atomic E-state index is 0.0126. The van der Waals surface area contributed by atoms with Crippen molar-refractivity contribution in [3.05, 3.63) is 71.5 Å². The van der Waals surface area contributed by atoms with Crippen molar-refractivity contribution in [2.24, 2.45) is 5.41 Å². The van der Waals surface area contributed by atoms with Gasteiger partial charge < -0.3 is 24.2 Å². The van der Waals surface area contributed by atoms with Crippen LogP contribution in [0.1, 0.15) is 34.7 Å². The number of allylic oxidation sites excluding steroid dienone is 1. The Morgan fingerprint density at radius 1 is 1.15 bits per heavy atom. The van der Waals surface area contributed by atoms with Crippen LogP contribution in [-0.2, 0) is 16.1 Å². The first-order valence-corrected chi connectivity index (χ1v) is 13.0. The maximum atomic E-state index is 13.0. The molecule has 6 rings (SSSR count). The second-order valence-electron chi connectivity index (χ2n) is 10.2. The van der Waals surface area contributed by atoms with E-state index < -0.39 is 0 Å². The second-order valence-corrected chi connectivity index (χ2v) is 10.2. The summed E-state index contributed by atoms with van der Waals surface area (Å²) in [5.74, 6) is 0.321. The van der Waals surface area contributed by atoms with E-state index in [9.17, 15) is 9.90 Å². The number of hydrogen-bond donors (Lipinski definition) is 2. The Hall–Kier alpha value is -4.42. The van der Waals surface area contributed by atoms with Gasteiger partial charge in [0, 0.05) is 48.7 Å². The lowest BCUT2D eigenvalue weighted by molar-refractivity contribution is -0.136. The Morgan fingerprint density at radius 2 is 1.93 bits per heavy atom. The Kier molecular flexibility index (Phi) is 6.86. The van der Waals surface area contributed by atoms with Crippen LogP contribution in [0.25, 0.3) is 16.4 Å². The SMILES string of the molecule is COC/C(O)=C/C(=N)c1nnc2c3ccccc3c(OCc3ccc(C(=O)N4CCC5(CC4)COC5)cn3)nn12. The normalized spacial score (nSPS) is 16.8. The van der Waals surface area contributed by atoms with Crippen molar-refractivity contribution in [1.82, 2.24) is 29.7 Å². The zero-order valence-corrected chi connectivity index (χ0v) is 22.0. The molecule has 1 aromatic carbocycles. The average Bonchev–Trinajstić information content (AvgIpc) is 3.39. The van der Waals surface area contributed by atoms with Crippen LogP contribution in [0.4, 0.5) is 0 Å².